The molecule has 148 valence electrons. The zero-order valence-corrected chi connectivity index (χ0v) is 17.7. The molecule has 0 unspecified atom stereocenters. The minimum absolute atomic E-state index is 0.274. The number of piperazine rings is 1. The maximum Gasteiger partial charge on any atom is 0.188 e. The Morgan fingerprint density at radius 3 is 2.71 bits per heavy atom. The summed E-state index contributed by atoms with van der Waals surface area (Å²) in [6.45, 7) is 7.23. The Labute approximate surface area is 174 Å². The molecule has 0 aliphatic carbocycles. The van der Waals surface area contributed by atoms with Gasteiger partial charge in [-0.05, 0) is 42.3 Å². The smallest absolute Gasteiger partial charge is 0.188 e. The summed E-state index contributed by atoms with van der Waals surface area (Å²) in [5.74, 6) is 0.895. The molecule has 2 aromatic carbocycles. The van der Waals surface area contributed by atoms with E-state index < -0.39 is 0 Å². The van der Waals surface area contributed by atoms with Crippen LogP contribution in [-0.4, -0.2) is 50.0 Å². The van der Waals surface area contributed by atoms with Crippen LogP contribution in [0.5, 0.6) is 5.75 Å². The minimum Gasteiger partial charge on any atom is -0.467 e. The van der Waals surface area contributed by atoms with Gasteiger partial charge in [0.2, 0.25) is 0 Å². The van der Waals surface area contributed by atoms with Crippen molar-refractivity contribution in [1.82, 2.24) is 9.88 Å². The van der Waals surface area contributed by atoms with Crippen LogP contribution in [0.1, 0.15) is 11.1 Å². The molecule has 0 atom stereocenters. The molecule has 0 saturated carbocycles. The number of hydrogen-bond donors (Lipinski definition) is 0. The SMILES string of the molecule is COCOc1cc(CN2CCN(c3nc4ccc(Cl)cc4s3)CC2)ccc1C. The largest absolute Gasteiger partial charge is 0.467 e. The number of anilines is 1. The first kappa shape index (κ1) is 19.5. The Kier molecular flexibility index (Phi) is 6.01. The van der Waals surface area contributed by atoms with Crippen molar-refractivity contribution < 1.29 is 9.47 Å². The van der Waals surface area contributed by atoms with E-state index in [-0.39, 0.29) is 6.79 Å². The number of ether oxygens (including phenoxy) is 2. The molecule has 0 amide bonds. The highest BCUT2D eigenvalue weighted by Crippen LogP contribution is 2.31. The lowest BCUT2D eigenvalue weighted by Gasteiger charge is -2.34. The van der Waals surface area contributed by atoms with Gasteiger partial charge in [-0.2, -0.15) is 0 Å². The maximum absolute atomic E-state index is 6.10. The van der Waals surface area contributed by atoms with Crippen molar-refractivity contribution >= 4 is 38.3 Å². The quantitative estimate of drug-likeness (QED) is 0.549. The third-order valence-corrected chi connectivity index (χ3v) is 6.29. The number of halogens is 1. The average Bonchev–Trinajstić information content (AvgIpc) is 3.12. The molecule has 1 saturated heterocycles. The molecule has 0 bridgehead atoms. The molecule has 0 radical (unpaired) electrons. The fourth-order valence-electron chi connectivity index (χ4n) is 3.40. The van der Waals surface area contributed by atoms with Crippen LogP contribution in [0, 0.1) is 6.92 Å². The van der Waals surface area contributed by atoms with E-state index in [1.165, 1.54) is 5.56 Å². The van der Waals surface area contributed by atoms with E-state index in [0.29, 0.717) is 0 Å². The Morgan fingerprint density at radius 2 is 1.93 bits per heavy atom. The van der Waals surface area contributed by atoms with Gasteiger partial charge in [0.25, 0.3) is 0 Å². The fourth-order valence-corrected chi connectivity index (χ4v) is 4.69. The average molecular weight is 418 g/mol. The number of nitrogens with zero attached hydrogens (tertiary/aromatic N) is 3. The first-order valence-corrected chi connectivity index (χ1v) is 10.6. The summed E-state index contributed by atoms with van der Waals surface area (Å²) >= 11 is 7.82. The summed E-state index contributed by atoms with van der Waals surface area (Å²) in [6, 6.07) is 12.3. The van der Waals surface area contributed by atoms with Gasteiger partial charge in [0.15, 0.2) is 11.9 Å². The highest BCUT2D eigenvalue weighted by atomic mass is 35.5. The zero-order valence-electron chi connectivity index (χ0n) is 16.2. The molecule has 5 nitrogen and oxygen atoms in total. The molecule has 7 heteroatoms. The lowest BCUT2D eigenvalue weighted by Crippen LogP contribution is -2.45. The summed E-state index contributed by atoms with van der Waals surface area (Å²) in [5.41, 5.74) is 3.41. The lowest BCUT2D eigenvalue weighted by atomic mass is 10.1. The van der Waals surface area contributed by atoms with Crippen LogP contribution in [0.2, 0.25) is 5.02 Å². The van der Waals surface area contributed by atoms with Crippen LogP contribution in [0.25, 0.3) is 10.2 Å². The predicted molar refractivity (Wildman–Crippen MR) is 116 cm³/mol. The Balaban J connectivity index is 1.37. The van der Waals surface area contributed by atoms with Gasteiger partial charge in [-0.1, -0.05) is 35.1 Å². The second kappa shape index (κ2) is 8.66. The second-order valence-electron chi connectivity index (χ2n) is 7.02. The van der Waals surface area contributed by atoms with Gasteiger partial charge in [0.1, 0.15) is 5.75 Å². The van der Waals surface area contributed by atoms with Crippen molar-refractivity contribution in [2.75, 3.05) is 45.0 Å². The number of aromatic nitrogens is 1. The topological polar surface area (TPSA) is 37.8 Å². The van der Waals surface area contributed by atoms with Crippen molar-refractivity contribution in [3.05, 3.63) is 52.5 Å². The third-order valence-electron chi connectivity index (χ3n) is 4.97. The van der Waals surface area contributed by atoms with Crippen molar-refractivity contribution in [2.24, 2.45) is 0 Å². The number of methoxy groups -OCH3 is 1. The number of rotatable bonds is 6. The molecule has 0 spiro atoms. The van der Waals surface area contributed by atoms with E-state index in [1.807, 2.05) is 18.2 Å². The van der Waals surface area contributed by atoms with Gasteiger partial charge in [-0.3, -0.25) is 4.90 Å². The summed E-state index contributed by atoms with van der Waals surface area (Å²) in [4.78, 5) is 9.63. The molecule has 2 heterocycles. The molecule has 0 N–H and O–H groups in total. The minimum atomic E-state index is 0.274. The van der Waals surface area contributed by atoms with Gasteiger partial charge in [0, 0.05) is 44.9 Å². The van der Waals surface area contributed by atoms with E-state index in [2.05, 4.69) is 34.9 Å². The summed E-state index contributed by atoms with van der Waals surface area (Å²) in [5, 5.41) is 1.85. The van der Waals surface area contributed by atoms with E-state index in [0.717, 1.165) is 64.4 Å². The van der Waals surface area contributed by atoms with Gasteiger partial charge in [0.05, 0.1) is 10.2 Å². The monoisotopic (exact) mass is 417 g/mol. The molecular formula is C21H24ClN3O2S. The first-order valence-electron chi connectivity index (χ1n) is 9.37. The number of benzene rings is 2. The second-order valence-corrected chi connectivity index (χ2v) is 8.47. The van der Waals surface area contributed by atoms with E-state index in [4.69, 9.17) is 26.1 Å². The lowest BCUT2D eigenvalue weighted by molar-refractivity contribution is 0.0505. The van der Waals surface area contributed by atoms with E-state index in [9.17, 15) is 0 Å². The summed E-state index contributed by atoms with van der Waals surface area (Å²) in [7, 11) is 1.64. The highest BCUT2D eigenvalue weighted by molar-refractivity contribution is 7.22. The van der Waals surface area contributed by atoms with Gasteiger partial charge in [-0.25, -0.2) is 4.98 Å². The summed E-state index contributed by atoms with van der Waals surface area (Å²) < 4.78 is 11.8. The molecule has 4 rings (SSSR count). The Bertz CT molecular complexity index is 954. The highest BCUT2D eigenvalue weighted by Gasteiger charge is 2.20. The van der Waals surface area contributed by atoms with Gasteiger partial charge >= 0.3 is 0 Å². The van der Waals surface area contributed by atoms with Crippen molar-refractivity contribution in [2.45, 2.75) is 13.5 Å². The number of aryl methyl sites for hydroxylation is 1. The fraction of sp³-hybridized carbons (Fsp3) is 0.381. The molecule has 3 aromatic rings. The van der Waals surface area contributed by atoms with Gasteiger partial charge < -0.3 is 14.4 Å². The summed E-state index contributed by atoms with van der Waals surface area (Å²) in [6.07, 6.45) is 0. The standard InChI is InChI=1S/C21H24ClN3O2S/c1-15-3-4-16(11-19(15)27-14-26-2)13-24-7-9-25(10-8-24)21-23-18-6-5-17(22)12-20(18)28-21/h3-6,11-12H,7-10,13-14H2,1-2H3. The third kappa shape index (κ3) is 4.41. The number of hydrogen-bond acceptors (Lipinski definition) is 6. The first-order chi connectivity index (χ1) is 13.6. The van der Waals surface area contributed by atoms with Crippen molar-refractivity contribution in [3.8, 4) is 5.75 Å². The molecule has 1 aromatic heterocycles. The maximum atomic E-state index is 6.10. The predicted octanol–water partition coefficient (Wildman–Crippen LogP) is 4.56. The van der Waals surface area contributed by atoms with Crippen molar-refractivity contribution in [3.63, 3.8) is 0 Å². The van der Waals surface area contributed by atoms with Crippen LogP contribution in [-0.2, 0) is 11.3 Å². The van der Waals surface area contributed by atoms with Crippen LogP contribution in [0.4, 0.5) is 5.13 Å². The van der Waals surface area contributed by atoms with E-state index >= 15 is 0 Å². The number of fused-ring (bicyclic) bond motifs is 1. The molecule has 1 aliphatic heterocycles. The normalized spacial score (nSPS) is 15.3. The molecule has 1 aliphatic rings. The van der Waals surface area contributed by atoms with Crippen LogP contribution in [0.3, 0.4) is 0 Å². The van der Waals surface area contributed by atoms with E-state index in [1.54, 1.807) is 18.4 Å². The van der Waals surface area contributed by atoms with Crippen LogP contribution in [0.15, 0.2) is 36.4 Å². The van der Waals surface area contributed by atoms with Crippen LogP contribution < -0.4 is 9.64 Å². The van der Waals surface area contributed by atoms with Gasteiger partial charge in [-0.15, -0.1) is 0 Å². The molecule has 28 heavy (non-hydrogen) atoms. The molecule has 1 fully saturated rings. The van der Waals surface area contributed by atoms with Crippen molar-refractivity contribution in [1.29, 1.82) is 0 Å². The van der Waals surface area contributed by atoms with Crippen LogP contribution >= 0.6 is 22.9 Å². The zero-order chi connectivity index (χ0) is 19.5. The molecular weight excluding hydrogens is 394 g/mol. The Hall–Kier alpha value is -1.86. The number of thiazole rings is 1. The Morgan fingerprint density at radius 1 is 1.11 bits per heavy atom.